The fourth-order valence-electron chi connectivity index (χ4n) is 2.23. The first-order chi connectivity index (χ1) is 11.0. The average molecular weight is 316 g/mol. The Morgan fingerprint density at radius 2 is 1.87 bits per heavy atom. The van der Waals surface area contributed by atoms with Crippen LogP contribution in [-0.4, -0.2) is 31.1 Å². The molecule has 1 N–H and O–H groups in total. The maximum absolute atomic E-state index is 11.3. The van der Waals surface area contributed by atoms with E-state index in [0.29, 0.717) is 17.1 Å². The number of aryl methyl sites for hydroxylation is 1. The number of aliphatic hydroxyl groups excluding tert-OH is 1. The number of esters is 1. The van der Waals surface area contributed by atoms with Gasteiger partial charge in [-0.1, -0.05) is 30.8 Å². The highest BCUT2D eigenvalue weighted by Gasteiger charge is 2.12. The Morgan fingerprint density at radius 1 is 1.17 bits per heavy atom. The van der Waals surface area contributed by atoms with Crippen LogP contribution in [0.25, 0.3) is 10.8 Å². The van der Waals surface area contributed by atoms with Crippen molar-refractivity contribution in [1.29, 1.82) is 0 Å². The lowest BCUT2D eigenvalue weighted by Crippen LogP contribution is -2.13. The van der Waals surface area contributed by atoms with E-state index in [1.54, 1.807) is 6.92 Å². The molecule has 2 aromatic carbocycles. The van der Waals surface area contributed by atoms with Gasteiger partial charge in [-0.2, -0.15) is 0 Å². The number of benzene rings is 2. The van der Waals surface area contributed by atoms with E-state index < -0.39 is 5.97 Å². The Morgan fingerprint density at radius 3 is 2.52 bits per heavy atom. The molecule has 0 aliphatic rings. The zero-order valence-electron chi connectivity index (χ0n) is 13.3. The summed E-state index contributed by atoms with van der Waals surface area (Å²) in [4.78, 5) is 11.3. The van der Waals surface area contributed by atoms with Gasteiger partial charge in [-0.3, -0.25) is 0 Å². The van der Waals surface area contributed by atoms with E-state index in [9.17, 15) is 4.79 Å². The van der Waals surface area contributed by atoms with Gasteiger partial charge in [0.15, 0.2) is 6.79 Å². The van der Waals surface area contributed by atoms with Crippen molar-refractivity contribution < 1.29 is 24.1 Å². The minimum Gasteiger partial charge on any atom is -0.489 e. The Bertz CT molecular complexity index is 721. The lowest BCUT2D eigenvalue weighted by atomic mass is 10.0. The van der Waals surface area contributed by atoms with E-state index >= 15 is 0 Å². The van der Waals surface area contributed by atoms with Crippen molar-refractivity contribution in [2.45, 2.75) is 13.8 Å². The smallest absolute Gasteiger partial charge is 0.333 e. The molecule has 5 heteroatoms. The first kappa shape index (κ1) is 16.8. The lowest BCUT2D eigenvalue weighted by molar-refractivity contribution is -0.139. The minimum atomic E-state index is -0.429. The first-order valence-corrected chi connectivity index (χ1v) is 7.26. The van der Waals surface area contributed by atoms with Crippen LogP contribution in [0.3, 0.4) is 0 Å². The molecule has 0 amide bonds. The van der Waals surface area contributed by atoms with Gasteiger partial charge in [0.05, 0.1) is 0 Å². The number of hydrogen-bond donors (Lipinski definition) is 1. The highest BCUT2D eigenvalue weighted by molar-refractivity contribution is 5.94. The van der Waals surface area contributed by atoms with Gasteiger partial charge in [-0.25, -0.2) is 4.79 Å². The normalized spacial score (nSPS) is 10.4. The molecule has 0 spiro atoms. The van der Waals surface area contributed by atoms with Crippen molar-refractivity contribution in [3.8, 4) is 11.5 Å². The summed E-state index contributed by atoms with van der Waals surface area (Å²) in [6.45, 7) is 7.02. The van der Waals surface area contributed by atoms with Crippen molar-refractivity contribution in [1.82, 2.24) is 0 Å². The number of hydrogen-bond acceptors (Lipinski definition) is 5. The maximum atomic E-state index is 11.3. The lowest BCUT2D eigenvalue weighted by Gasteiger charge is -2.15. The molecule has 0 unspecified atom stereocenters. The van der Waals surface area contributed by atoms with Gasteiger partial charge in [-0.15, -0.1) is 0 Å². The average Bonchev–Trinajstić information content (AvgIpc) is 2.53. The summed E-state index contributed by atoms with van der Waals surface area (Å²) in [5.41, 5.74) is 1.23. The second-order valence-electron chi connectivity index (χ2n) is 5.10. The Labute approximate surface area is 135 Å². The Balaban J connectivity index is 2.17. The van der Waals surface area contributed by atoms with E-state index in [1.807, 2.05) is 37.3 Å². The second kappa shape index (κ2) is 7.65. The molecule has 23 heavy (non-hydrogen) atoms. The topological polar surface area (TPSA) is 65.0 Å². The summed E-state index contributed by atoms with van der Waals surface area (Å²) >= 11 is 0. The Hall–Kier alpha value is -2.53. The molecule has 0 heterocycles. The van der Waals surface area contributed by atoms with E-state index in [-0.39, 0.29) is 20.0 Å². The van der Waals surface area contributed by atoms with E-state index in [2.05, 4.69) is 6.58 Å². The summed E-state index contributed by atoms with van der Waals surface area (Å²) in [6.07, 6.45) is 0. The summed E-state index contributed by atoms with van der Waals surface area (Å²) < 4.78 is 16.1. The third-order valence-corrected chi connectivity index (χ3v) is 3.27. The van der Waals surface area contributed by atoms with Crippen LogP contribution in [0.15, 0.2) is 42.5 Å². The van der Waals surface area contributed by atoms with Crippen LogP contribution >= 0.6 is 0 Å². The highest BCUT2D eigenvalue weighted by Crippen LogP contribution is 2.36. The van der Waals surface area contributed by atoms with Gasteiger partial charge < -0.3 is 19.3 Å². The molecule has 122 valence electrons. The molecule has 0 atom stereocenters. The number of aliphatic hydroxyl groups is 1. The molecule has 0 bridgehead atoms. The van der Waals surface area contributed by atoms with Crippen LogP contribution in [0.4, 0.5) is 0 Å². The summed E-state index contributed by atoms with van der Waals surface area (Å²) in [5, 5.41) is 10.7. The third kappa shape index (κ3) is 4.02. The summed E-state index contributed by atoms with van der Waals surface area (Å²) in [5.74, 6) is 0.876. The van der Waals surface area contributed by atoms with Gasteiger partial charge in [0, 0.05) is 16.3 Å². The summed E-state index contributed by atoms with van der Waals surface area (Å²) in [6, 6.07) is 9.42. The van der Waals surface area contributed by atoms with Crippen LogP contribution in [0.2, 0.25) is 0 Å². The number of carbonyl (C=O) groups excluding carboxylic acids is 1. The standard InChI is InChI=1S/C18H20O5/c1-12(2)18(20)22-9-8-21-17-13(3)10-16(23-11-19)14-6-4-5-7-15(14)17/h4-7,10,19H,1,8-9,11H2,2-3H3. The largest absolute Gasteiger partial charge is 0.489 e. The van der Waals surface area contributed by atoms with Gasteiger partial charge >= 0.3 is 5.97 Å². The van der Waals surface area contributed by atoms with E-state index in [1.165, 1.54) is 0 Å². The predicted octanol–water partition coefficient (Wildman–Crippen LogP) is 2.97. The summed E-state index contributed by atoms with van der Waals surface area (Å²) in [7, 11) is 0. The second-order valence-corrected chi connectivity index (χ2v) is 5.10. The third-order valence-electron chi connectivity index (χ3n) is 3.27. The molecular formula is C18H20O5. The molecule has 0 aliphatic carbocycles. The molecule has 0 aromatic heterocycles. The number of rotatable bonds is 7. The van der Waals surface area contributed by atoms with Crippen LogP contribution in [-0.2, 0) is 9.53 Å². The van der Waals surface area contributed by atoms with E-state index in [4.69, 9.17) is 19.3 Å². The van der Waals surface area contributed by atoms with Gasteiger partial charge in [0.25, 0.3) is 0 Å². The molecule has 0 fully saturated rings. The molecule has 5 nitrogen and oxygen atoms in total. The van der Waals surface area contributed by atoms with Crippen LogP contribution in [0.5, 0.6) is 11.5 Å². The van der Waals surface area contributed by atoms with Gasteiger partial charge in [0.2, 0.25) is 0 Å². The zero-order valence-corrected chi connectivity index (χ0v) is 13.3. The Kier molecular flexibility index (Phi) is 5.60. The van der Waals surface area contributed by atoms with E-state index in [0.717, 1.165) is 16.3 Å². The molecule has 0 saturated heterocycles. The molecule has 2 aromatic rings. The molecule has 2 rings (SSSR count). The molecule has 0 saturated carbocycles. The van der Waals surface area contributed by atoms with Crippen molar-refractivity contribution in [2.75, 3.05) is 20.0 Å². The van der Waals surface area contributed by atoms with Gasteiger partial charge in [-0.05, 0) is 25.5 Å². The molecule has 0 aliphatic heterocycles. The van der Waals surface area contributed by atoms with Crippen LogP contribution < -0.4 is 9.47 Å². The highest BCUT2D eigenvalue weighted by atomic mass is 16.6. The monoisotopic (exact) mass is 316 g/mol. The SMILES string of the molecule is C=C(C)C(=O)OCCOc1c(C)cc(OCO)c2ccccc12. The zero-order chi connectivity index (χ0) is 16.8. The first-order valence-electron chi connectivity index (χ1n) is 7.26. The minimum absolute atomic E-state index is 0.147. The predicted molar refractivity (Wildman–Crippen MR) is 87.7 cm³/mol. The fraction of sp³-hybridized carbons (Fsp3) is 0.278. The number of carbonyl (C=O) groups is 1. The number of fused-ring (bicyclic) bond motifs is 1. The maximum Gasteiger partial charge on any atom is 0.333 e. The van der Waals surface area contributed by atoms with Crippen molar-refractivity contribution in [3.05, 3.63) is 48.0 Å². The van der Waals surface area contributed by atoms with Crippen LogP contribution in [0, 0.1) is 6.92 Å². The quantitative estimate of drug-likeness (QED) is 0.368. The molecule has 0 radical (unpaired) electrons. The van der Waals surface area contributed by atoms with Crippen molar-refractivity contribution >= 4 is 16.7 Å². The van der Waals surface area contributed by atoms with Crippen LogP contribution in [0.1, 0.15) is 12.5 Å². The van der Waals surface area contributed by atoms with Gasteiger partial charge in [0.1, 0.15) is 24.7 Å². The number of ether oxygens (including phenoxy) is 3. The fourth-order valence-corrected chi connectivity index (χ4v) is 2.23. The van der Waals surface area contributed by atoms with Crippen molar-refractivity contribution in [2.24, 2.45) is 0 Å². The van der Waals surface area contributed by atoms with Crippen molar-refractivity contribution in [3.63, 3.8) is 0 Å². The molecular weight excluding hydrogens is 296 g/mol.